The molecular weight excluding hydrogens is 276 g/mol. The zero-order valence-corrected chi connectivity index (χ0v) is 14.4. The van der Waals surface area contributed by atoms with E-state index < -0.39 is 8.80 Å². The van der Waals surface area contributed by atoms with Crippen LogP contribution in [0.4, 0.5) is 0 Å². The van der Waals surface area contributed by atoms with Crippen molar-refractivity contribution < 1.29 is 22.8 Å². The highest BCUT2D eigenvalue weighted by molar-refractivity contribution is 6.60. The smallest absolute Gasteiger partial charge is 0.466 e. The maximum atomic E-state index is 11.4. The summed E-state index contributed by atoms with van der Waals surface area (Å²) in [6.07, 6.45) is 3.10. The summed E-state index contributed by atoms with van der Waals surface area (Å²) in [5, 5.41) is 0. The van der Waals surface area contributed by atoms with Gasteiger partial charge in [-0.25, -0.2) is 0 Å². The van der Waals surface area contributed by atoms with Gasteiger partial charge in [0, 0.05) is 32.3 Å². The lowest BCUT2D eigenvalue weighted by molar-refractivity contribution is -0.143. The lowest BCUT2D eigenvalue weighted by Gasteiger charge is -2.28. The maximum Gasteiger partial charge on any atom is 0.501 e. The molecule has 0 heterocycles. The van der Waals surface area contributed by atoms with Gasteiger partial charge in [-0.15, -0.1) is 0 Å². The second kappa shape index (κ2) is 12.3. The summed E-state index contributed by atoms with van der Waals surface area (Å²) in [5.41, 5.74) is 0. The standard InChI is InChI=1S/C14H30O5Si/c1-5-9-11-14(15)16-12-10-13-20(17-6-2,18-7-3)19-8-4/h5-13H2,1-4H3. The van der Waals surface area contributed by atoms with Crippen LogP contribution in [0, 0.1) is 0 Å². The fraction of sp³-hybridized carbons (Fsp3) is 0.929. The second-order valence-electron chi connectivity index (χ2n) is 4.41. The van der Waals surface area contributed by atoms with Crippen molar-refractivity contribution in [1.29, 1.82) is 0 Å². The van der Waals surface area contributed by atoms with Crippen molar-refractivity contribution in [2.24, 2.45) is 0 Å². The molecular formula is C14H30O5Si. The molecule has 120 valence electrons. The van der Waals surface area contributed by atoms with Crippen LogP contribution in [-0.2, 0) is 22.8 Å². The monoisotopic (exact) mass is 306 g/mol. The highest BCUT2D eigenvalue weighted by Gasteiger charge is 2.39. The van der Waals surface area contributed by atoms with Gasteiger partial charge >= 0.3 is 14.8 Å². The average molecular weight is 306 g/mol. The summed E-state index contributed by atoms with van der Waals surface area (Å²) in [6, 6.07) is 0.684. The molecule has 0 atom stereocenters. The summed E-state index contributed by atoms with van der Waals surface area (Å²) >= 11 is 0. The van der Waals surface area contributed by atoms with Crippen LogP contribution in [0.2, 0.25) is 6.04 Å². The average Bonchev–Trinajstić information content (AvgIpc) is 2.42. The van der Waals surface area contributed by atoms with Crippen LogP contribution in [0.5, 0.6) is 0 Å². The van der Waals surface area contributed by atoms with Crippen LogP contribution < -0.4 is 0 Å². The van der Waals surface area contributed by atoms with Crippen LogP contribution in [-0.4, -0.2) is 41.2 Å². The maximum absolute atomic E-state index is 11.4. The van der Waals surface area contributed by atoms with Gasteiger partial charge in [-0.3, -0.25) is 4.79 Å². The Kier molecular flexibility index (Phi) is 12.1. The summed E-state index contributed by atoms with van der Waals surface area (Å²) in [7, 11) is -2.58. The highest BCUT2D eigenvalue weighted by Crippen LogP contribution is 2.18. The third kappa shape index (κ3) is 8.68. The molecule has 0 aliphatic rings. The molecule has 0 saturated carbocycles. The van der Waals surface area contributed by atoms with E-state index in [9.17, 15) is 4.79 Å². The Hall–Kier alpha value is -0.433. The lowest BCUT2D eigenvalue weighted by Crippen LogP contribution is -2.46. The van der Waals surface area contributed by atoms with Gasteiger partial charge in [0.1, 0.15) is 0 Å². The van der Waals surface area contributed by atoms with Gasteiger partial charge in [0.15, 0.2) is 0 Å². The third-order valence-corrected chi connectivity index (χ3v) is 5.87. The number of carbonyl (C=O) groups excluding carboxylic acids is 1. The number of carbonyl (C=O) groups is 1. The van der Waals surface area contributed by atoms with Crippen molar-refractivity contribution in [3.05, 3.63) is 0 Å². The van der Waals surface area contributed by atoms with Gasteiger partial charge in [-0.05, 0) is 33.6 Å². The molecule has 0 bridgehead atoms. The van der Waals surface area contributed by atoms with E-state index in [1.807, 2.05) is 20.8 Å². The van der Waals surface area contributed by atoms with Crippen LogP contribution in [0.1, 0.15) is 53.4 Å². The minimum atomic E-state index is -2.58. The molecule has 6 heteroatoms. The van der Waals surface area contributed by atoms with E-state index in [2.05, 4.69) is 6.92 Å². The quantitative estimate of drug-likeness (QED) is 0.297. The zero-order chi connectivity index (χ0) is 15.3. The van der Waals surface area contributed by atoms with Gasteiger partial charge in [-0.2, -0.15) is 0 Å². The molecule has 0 aliphatic carbocycles. The third-order valence-electron chi connectivity index (χ3n) is 2.72. The molecule has 0 unspecified atom stereocenters. The molecule has 0 N–H and O–H groups in total. The number of ether oxygens (including phenoxy) is 1. The van der Waals surface area contributed by atoms with E-state index in [4.69, 9.17) is 18.0 Å². The van der Waals surface area contributed by atoms with E-state index in [-0.39, 0.29) is 5.97 Å². The Labute approximate surface area is 124 Å². The molecule has 0 saturated heterocycles. The van der Waals surface area contributed by atoms with Crippen molar-refractivity contribution in [3.8, 4) is 0 Å². The van der Waals surface area contributed by atoms with Gasteiger partial charge in [0.25, 0.3) is 0 Å². The van der Waals surface area contributed by atoms with Crippen LogP contribution in [0.25, 0.3) is 0 Å². The molecule has 0 spiro atoms. The highest BCUT2D eigenvalue weighted by atomic mass is 28.4. The van der Waals surface area contributed by atoms with Gasteiger partial charge in [-0.1, -0.05) is 13.3 Å². The number of rotatable bonds is 13. The molecule has 0 rings (SSSR count). The van der Waals surface area contributed by atoms with Crippen LogP contribution >= 0.6 is 0 Å². The number of hydrogen-bond acceptors (Lipinski definition) is 5. The lowest BCUT2D eigenvalue weighted by atomic mass is 10.2. The Morgan fingerprint density at radius 2 is 1.45 bits per heavy atom. The predicted octanol–water partition coefficient (Wildman–Crippen LogP) is 3.16. The summed E-state index contributed by atoms with van der Waals surface area (Å²) in [6.45, 7) is 9.98. The van der Waals surface area contributed by atoms with E-state index in [0.717, 1.165) is 12.8 Å². The SMILES string of the molecule is CCCCC(=O)OCCC[Si](OCC)(OCC)OCC. The first-order chi connectivity index (χ1) is 9.64. The Morgan fingerprint density at radius 3 is 1.90 bits per heavy atom. The molecule has 0 aromatic heterocycles. The molecule has 0 fully saturated rings. The Morgan fingerprint density at radius 1 is 0.900 bits per heavy atom. The van der Waals surface area contributed by atoms with Crippen LogP contribution in [0.3, 0.4) is 0 Å². The van der Waals surface area contributed by atoms with E-state index in [1.54, 1.807) is 0 Å². The van der Waals surface area contributed by atoms with Crippen molar-refractivity contribution in [1.82, 2.24) is 0 Å². The van der Waals surface area contributed by atoms with Crippen LogP contribution in [0.15, 0.2) is 0 Å². The minimum absolute atomic E-state index is 0.122. The molecule has 0 aromatic carbocycles. The van der Waals surface area contributed by atoms with Gasteiger partial charge in [0.2, 0.25) is 0 Å². The second-order valence-corrected chi connectivity index (χ2v) is 7.14. The summed E-state index contributed by atoms with van der Waals surface area (Å²) < 4.78 is 22.4. The molecule has 5 nitrogen and oxygen atoms in total. The van der Waals surface area contributed by atoms with Gasteiger partial charge < -0.3 is 18.0 Å². The predicted molar refractivity (Wildman–Crippen MR) is 80.5 cm³/mol. The van der Waals surface area contributed by atoms with E-state index >= 15 is 0 Å². The normalized spacial score (nSPS) is 11.6. The topological polar surface area (TPSA) is 54.0 Å². The molecule has 0 aliphatic heterocycles. The molecule has 20 heavy (non-hydrogen) atoms. The van der Waals surface area contributed by atoms with Crippen molar-refractivity contribution in [3.63, 3.8) is 0 Å². The number of unbranched alkanes of at least 4 members (excludes halogenated alkanes) is 1. The fourth-order valence-corrected chi connectivity index (χ4v) is 4.45. The first kappa shape index (κ1) is 19.6. The molecule has 0 aromatic rings. The molecule has 0 amide bonds. The molecule has 0 radical (unpaired) electrons. The largest absolute Gasteiger partial charge is 0.501 e. The summed E-state index contributed by atoms with van der Waals surface area (Å²) in [4.78, 5) is 11.4. The Bertz CT molecular complexity index is 231. The van der Waals surface area contributed by atoms with Gasteiger partial charge in [0.05, 0.1) is 6.61 Å². The van der Waals surface area contributed by atoms with E-state index in [0.29, 0.717) is 45.3 Å². The van der Waals surface area contributed by atoms with Crippen molar-refractivity contribution >= 4 is 14.8 Å². The van der Waals surface area contributed by atoms with Crippen molar-refractivity contribution in [2.45, 2.75) is 59.4 Å². The fourth-order valence-electron chi connectivity index (χ4n) is 1.87. The summed E-state index contributed by atoms with van der Waals surface area (Å²) in [5.74, 6) is -0.122. The number of hydrogen-bond donors (Lipinski definition) is 0. The first-order valence-electron chi connectivity index (χ1n) is 7.71. The first-order valence-corrected chi connectivity index (χ1v) is 9.64. The minimum Gasteiger partial charge on any atom is -0.466 e. The Balaban J connectivity index is 4.08. The zero-order valence-electron chi connectivity index (χ0n) is 13.4. The van der Waals surface area contributed by atoms with Crippen molar-refractivity contribution in [2.75, 3.05) is 26.4 Å². The van der Waals surface area contributed by atoms with E-state index in [1.165, 1.54) is 0 Å². The number of esters is 1.